The Labute approximate surface area is 63.9 Å². The Bertz CT molecular complexity index is 406. The highest BCUT2D eigenvalue weighted by molar-refractivity contribution is 6.06. The quantitative estimate of drug-likeness (QED) is 0.476. The summed E-state index contributed by atoms with van der Waals surface area (Å²) in [5, 5.41) is 5.61. The molecule has 0 fully saturated rings. The van der Waals surface area contributed by atoms with E-state index in [9.17, 15) is 4.79 Å². The molecule has 0 unspecified atom stereocenters. The molecule has 1 aromatic carbocycles. The molecule has 0 saturated carbocycles. The number of hydrogen-bond acceptors (Lipinski definition) is 1. The predicted molar refractivity (Wildman–Crippen MR) is 41.8 cm³/mol. The Morgan fingerprint density at radius 1 is 1.09 bits per heavy atom. The van der Waals surface area contributed by atoms with E-state index in [1.807, 2.05) is 24.3 Å². The second-order valence-electron chi connectivity index (χ2n) is 2.37. The molecule has 2 rings (SSSR count). The Morgan fingerprint density at radius 3 is 2.64 bits per heavy atom. The topological polar surface area (TPSA) is 31.2 Å². The van der Waals surface area contributed by atoms with Gasteiger partial charge in [0.2, 0.25) is 0 Å². The number of carbonyl (C=O) groups is 1. The summed E-state index contributed by atoms with van der Waals surface area (Å²) in [7, 11) is 0. The molecule has 1 radical (unpaired) electrons. The monoisotopic (exact) mass is 144 g/mol. The van der Waals surface area contributed by atoms with Crippen LogP contribution in [0.15, 0.2) is 24.3 Å². The van der Waals surface area contributed by atoms with Crippen LogP contribution in [-0.2, 0) is 4.79 Å². The molecule has 2 heteroatoms. The summed E-state index contributed by atoms with van der Waals surface area (Å²) in [4.78, 5) is 10.8. The molecule has 1 aliphatic heterocycles. The maximum absolute atomic E-state index is 10.8. The van der Waals surface area contributed by atoms with Crippen LogP contribution in [0.5, 0.6) is 0 Å². The lowest BCUT2D eigenvalue weighted by Crippen LogP contribution is -2.32. The molecule has 0 spiro atoms. The first-order chi connectivity index (χ1) is 5.36. The number of nitrogens with zero attached hydrogens (tertiary/aromatic N) is 1. The van der Waals surface area contributed by atoms with Crippen molar-refractivity contribution in [3.63, 3.8) is 0 Å². The fourth-order valence-corrected chi connectivity index (χ4v) is 1.06. The molecule has 1 amide bonds. The van der Waals surface area contributed by atoms with Gasteiger partial charge in [-0.15, -0.1) is 0 Å². The van der Waals surface area contributed by atoms with Gasteiger partial charge in [-0.1, -0.05) is 24.3 Å². The molecule has 2 nitrogen and oxygen atoms in total. The standard InChI is InChI=1S/C9H6NO/c11-9-5-7-3-1-2-4-8(7)6-10-9/h1-6H. The molecule has 0 N–H and O–H groups in total. The second kappa shape index (κ2) is 2.23. The lowest BCUT2D eigenvalue weighted by molar-refractivity contribution is -0.114. The van der Waals surface area contributed by atoms with E-state index < -0.39 is 0 Å². The highest BCUT2D eigenvalue weighted by Crippen LogP contribution is 1.79. The summed E-state index contributed by atoms with van der Waals surface area (Å²) in [6, 6.07) is 7.66. The number of benzene rings is 1. The van der Waals surface area contributed by atoms with Crippen molar-refractivity contribution in [2.75, 3.05) is 0 Å². The van der Waals surface area contributed by atoms with E-state index in [0.717, 1.165) is 10.4 Å². The average Bonchev–Trinajstić information content (AvgIpc) is 2.04. The van der Waals surface area contributed by atoms with E-state index in [-0.39, 0.29) is 5.91 Å². The van der Waals surface area contributed by atoms with Crippen LogP contribution in [0.1, 0.15) is 0 Å². The largest absolute Gasteiger partial charge is 0.270 e. The molecule has 0 atom stereocenters. The summed E-state index contributed by atoms with van der Waals surface area (Å²) in [6.45, 7) is 0. The van der Waals surface area contributed by atoms with Crippen LogP contribution in [0.25, 0.3) is 12.3 Å². The minimum Gasteiger partial charge on any atom is -0.267 e. The van der Waals surface area contributed by atoms with Crippen molar-refractivity contribution in [1.82, 2.24) is 5.32 Å². The van der Waals surface area contributed by atoms with Gasteiger partial charge in [0.15, 0.2) is 0 Å². The fourth-order valence-electron chi connectivity index (χ4n) is 1.06. The summed E-state index contributed by atoms with van der Waals surface area (Å²) in [5.41, 5.74) is 0. The van der Waals surface area contributed by atoms with Crippen molar-refractivity contribution >= 4 is 18.2 Å². The van der Waals surface area contributed by atoms with Crippen LogP contribution in [0.3, 0.4) is 0 Å². The highest BCUT2D eigenvalue weighted by atomic mass is 16.1. The first-order valence-electron chi connectivity index (χ1n) is 3.38. The van der Waals surface area contributed by atoms with E-state index in [2.05, 4.69) is 5.32 Å². The number of carbonyl (C=O) groups excluding carboxylic acids is 1. The van der Waals surface area contributed by atoms with Gasteiger partial charge in [0.1, 0.15) is 0 Å². The fraction of sp³-hybridized carbons (Fsp3) is 0. The molecule has 53 valence electrons. The van der Waals surface area contributed by atoms with Crippen LogP contribution in [0.2, 0.25) is 0 Å². The summed E-state index contributed by atoms with van der Waals surface area (Å²) >= 11 is 0. The van der Waals surface area contributed by atoms with Gasteiger partial charge >= 0.3 is 0 Å². The first-order valence-corrected chi connectivity index (χ1v) is 3.38. The summed E-state index contributed by atoms with van der Waals surface area (Å²) < 4.78 is 0. The van der Waals surface area contributed by atoms with Crippen LogP contribution in [0, 0.1) is 0 Å². The van der Waals surface area contributed by atoms with Crippen LogP contribution < -0.4 is 15.8 Å². The van der Waals surface area contributed by atoms with Gasteiger partial charge in [-0.25, -0.2) is 5.32 Å². The number of fused-ring (bicyclic) bond motifs is 1. The number of amides is 1. The smallest absolute Gasteiger partial charge is 0.267 e. The number of hydrogen-bond donors (Lipinski definition) is 0. The van der Waals surface area contributed by atoms with Crippen molar-refractivity contribution in [2.24, 2.45) is 0 Å². The third-order valence-corrected chi connectivity index (χ3v) is 1.61. The third kappa shape index (κ3) is 1.03. The zero-order valence-electron chi connectivity index (χ0n) is 5.82. The predicted octanol–water partition coefficient (Wildman–Crippen LogP) is -0.650. The molecule has 1 aliphatic rings. The molecular weight excluding hydrogens is 138 g/mol. The lowest BCUT2D eigenvalue weighted by atomic mass is 10.2. The zero-order valence-corrected chi connectivity index (χ0v) is 5.82. The molecule has 1 aromatic rings. The molecule has 0 aromatic heterocycles. The molecule has 0 saturated heterocycles. The average molecular weight is 144 g/mol. The normalized spacial score (nSPS) is 14.0. The summed E-state index contributed by atoms with van der Waals surface area (Å²) in [5.74, 6) is -0.177. The summed E-state index contributed by atoms with van der Waals surface area (Å²) in [6.07, 6.45) is 3.13. The van der Waals surface area contributed by atoms with Crippen LogP contribution in [0.4, 0.5) is 0 Å². The number of rotatable bonds is 0. The van der Waals surface area contributed by atoms with Crippen LogP contribution >= 0.6 is 0 Å². The minimum atomic E-state index is -0.177. The van der Waals surface area contributed by atoms with E-state index in [1.54, 1.807) is 6.20 Å². The van der Waals surface area contributed by atoms with Crippen LogP contribution in [-0.4, -0.2) is 5.91 Å². The van der Waals surface area contributed by atoms with E-state index in [4.69, 9.17) is 0 Å². The van der Waals surface area contributed by atoms with E-state index in [1.165, 1.54) is 6.08 Å². The van der Waals surface area contributed by atoms with Gasteiger partial charge in [0.05, 0.1) is 0 Å². The third-order valence-electron chi connectivity index (χ3n) is 1.61. The van der Waals surface area contributed by atoms with Gasteiger partial charge in [-0.2, -0.15) is 0 Å². The molecule has 1 heterocycles. The second-order valence-corrected chi connectivity index (χ2v) is 2.37. The van der Waals surface area contributed by atoms with E-state index >= 15 is 0 Å². The molecular formula is C9H6NO. The Kier molecular flexibility index (Phi) is 1.25. The van der Waals surface area contributed by atoms with Gasteiger partial charge in [-0.3, -0.25) is 4.79 Å². The van der Waals surface area contributed by atoms with Crippen molar-refractivity contribution in [3.8, 4) is 0 Å². The highest BCUT2D eigenvalue weighted by Gasteiger charge is 1.99. The minimum absolute atomic E-state index is 0.177. The lowest BCUT2D eigenvalue weighted by Gasteiger charge is -1.96. The van der Waals surface area contributed by atoms with Crippen molar-refractivity contribution in [2.45, 2.75) is 0 Å². The molecule has 0 bridgehead atoms. The van der Waals surface area contributed by atoms with Crippen molar-refractivity contribution < 1.29 is 4.79 Å². The maximum atomic E-state index is 10.8. The molecule has 0 aliphatic carbocycles. The van der Waals surface area contributed by atoms with Gasteiger partial charge in [-0.05, 0) is 5.22 Å². The van der Waals surface area contributed by atoms with Gasteiger partial charge in [0, 0.05) is 17.5 Å². The van der Waals surface area contributed by atoms with Crippen molar-refractivity contribution in [3.05, 3.63) is 34.7 Å². The molecule has 11 heavy (non-hydrogen) atoms. The zero-order chi connectivity index (χ0) is 7.68. The van der Waals surface area contributed by atoms with Gasteiger partial charge < -0.3 is 0 Å². The SMILES string of the molecule is O=C1C=c2ccccc2=C[N]1. The first kappa shape index (κ1) is 6.16. The Morgan fingerprint density at radius 2 is 1.82 bits per heavy atom. The maximum Gasteiger partial charge on any atom is 0.270 e. The van der Waals surface area contributed by atoms with Crippen molar-refractivity contribution in [1.29, 1.82) is 0 Å². The van der Waals surface area contributed by atoms with E-state index in [0.29, 0.717) is 0 Å². The van der Waals surface area contributed by atoms with Gasteiger partial charge in [0.25, 0.3) is 5.91 Å². The Hall–Kier alpha value is -1.57. The Balaban J connectivity index is 2.83.